The first-order chi connectivity index (χ1) is 13.6. The summed E-state index contributed by atoms with van der Waals surface area (Å²) in [7, 11) is 0. The Balaban J connectivity index is 2.98. The van der Waals surface area contributed by atoms with Crippen LogP contribution in [0.2, 0.25) is 0 Å². The van der Waals surface area contributed by atoms with Crippen LogP contribution in [-0.4, -0.2) is 9.97 Å². The second-order valence-electron chi connectivity index (χ2n) is 6.35. The van der Waals surface area contributed by atoms with E-state index >= 15 is 0 Å². The van der Waals surface area contributed by atoms with E-state index in [-0.39, 0.29) is 11.4 Å². The van der Waals surface area contributed by atoms with Gasteiger partial charge in [0.25, 0.3) is 0 Å². The van der Waals surface area contributed by atoms with E-state index in [4.69, 9.17) is 0 Å². The third kappa shape index (κ3) is 3.77. The van der Waals surface area contributed by atoms with Crippen LogP contribution in [0.5, 0.6) is 0 Å². The number of nitrogens with zero attached hydrogens (tertiary/aromatic N) is 4. The van der Waals surface area contributed by atoms with Gasteiger partial charge in [-0.2, -0.15) is 10.5 Å². The Kier molecular flexibility index (Phi) is 7.02. The molecule has 0 atom stereocenters. The van der Waals surface area contributed by atoms with Crippen LogP contribution in [0.25, 0.3) is 11.3 Å². The number of hydrogen-bond donors (Lipinski definition) is 0. The molecule has 1 heterocycles. The lowest BCUT2D eigenvalue weighted by Crippen LogP contribution is -2.30. The molecule has 0 spiro atoms. The first-order valence-corrected chi connectivity index (χ1v) is 9.35. The van der Waals surface area contributed by atoms with E-state index in [0.717, 1.165) is 24.0 Å². The van der Waals surface area contributed by atoms with Gasteiger partial charge in [0.2, 0.25) is 0 Å². The maximum absolute atomic E-state index is 9.54. The fourth-order valence-electron chi connectivity index (χ4n) is 3.53. The highest BCUT2D eigenvalue weighted by Crippen LogP contribution is 2.42. The summed E-state index contributed by atoms with van der Waals surface area (Å²) in [5.41, 5.74) is 2.92. The molecule has 0 fully saturated rings. The van der Waals surface area contributed by atoms with Gasteiger partial charge in [-0.05, 0) is 25.3 Å². The zero-order valence-electron chi connectivity index (χ0n) is 16.6. The van der Waals surface area contributed by atoms with E-state index in [1.165, 1.54) is 0 Å². The van der Waals surface area contributed by atoms with Crippen LogP contribution >= 0.6 is 0 Å². The third-order valence-electron chi connectivity index (χ3n) is 5.01. The standard InChI is InChI=1S/C24H24N4/c1-5-12-19(13-6-2)24(7-3,8-4)23-22(18-14-10-9-11-15-18)27-20(16-25)21(17-26)28-23/h5-6,9-15H,1,7-8H2,2-4H3/b13-6-,19-12+. The summed E-state index contributed by atoms with van der Waals surface area (Å²) in [6, 6.07) is 13.7. The second-order valence-corrected chi connectivity index (χ2v) is 6.35. The van der Waals surface area contributed by atoms with Crippen molar-refractivity contribution >= 4 is 0 Å². The summed E-state index contributed by atoms with van der Waals surface area (Å²) < 4.78 is 0. The number of benzene rings is 1. The normalized spacial score (nSPS) is 11.8. The van der Waals surface area contributed by atoms with Crippen LogP contribution < -0.4 is 0 Å². The molecule has 0 saturated carbocycles. The van der Waals surface area contributed by atoms with E-state index < -0.39 is 5.41 Å². The minimum atomic E-state index is -0.460. The maximum atomic E-state index is 9.54. The zero-order chi connectivity index (χ0) is 20.6. The summed E-state index contributed by atoms with van der Waals surface area (Å²) >= 11 is 0. The van der Waals surface area contributed by atoms with Crippen LogP contribution in [0.4, 0.5) is 0 Å². The molecule has 2 aromatic rings. The van der Waals surface area contributed by atoms with Gasteiger partial charge in [0, 0.05) is 11.0 Å². The average Bonchev–Trinajstić information content (AvgIpc) is 2.75. The number of rotatable bonds is 7. The lowest BCUT2D eigenvalue weighted by Gasteiger charge is -2.34. The number of allylic oxidation sites excluding steroid dienone is 5. The summed E-state index contributed by atoms with van der Waals surface area (Å²) in [6.07, 6.45) is 9.31. The largest absolute Gasteiger partial charge is 0.236 e. The third-order valence-corrected chi connectivity index (χ3v) is 5.01. The Labute approximate surface area is 167 Å². The van der Waals surface area contributed by atoms with Gasteiger partial charge in [-0.1, -0.05) is 75.1 Å². The van der Waals surface area contributed by atoms with Gasteiger partial charge in [-0.3, -0.25) is 0 Å². The van der Waals surface area contributed by atoms with E-state index in [1.807, 2.05) is 61.5 Å². The molecule has 140 valence electrons. The molecule has 0 N–H and O–H groups in total. The van der Waals surface area contributed by atoms with Crippen molar-refractivity contribution in [1.82, 2.24) is 9.97 Å². The fourth-order valence-corrected chi connectivity index (χ4v) is 3.53. The smallest absolute Gasteiger partial charge is 0.177 e. The van der Waals surface area contributed by atoms with Crippen LogP contribution in [0.1, 0.15) is 50.7 Å². The van der Waals surface area contributed by atoms with Crippen molar-refractivity contribution in [3.8, 4) is 23.4 Å². The van der Waals surface area contributed by atoms with Crippen LogP contribution in [-0.2, 0) is 5.41 Å². The highest BCUT2D eigenvalue weighted by Gasteiger charge is 2.37. The topological polar surface area (TPSA) is 73.4 Å². The predicted octanol–water partition coefficient (Wildman–Crippen LogP) is 5.63. The molecule has 0 saturated heterocycles. The number of aromatic nitrogens is 2. The summed E-state index contributed by atoms with van der Waals surface area (Å²) in [4.78, 5) is 9.26. The van der Waals surface area contributed by atoms with Crippen molar-refractivity contribution in [2.75, 3.05) is 0 Å². The van der Waals surface area contributed by atoms with Gasteiger partial charge in [0.1, 0.15) is 12.1 Å². The fraction of sp³-hybridized carbons (Fsp3) is 0.250. The summed E-state index contributed by atoms with van der Waals surface area (Å²) in [5, 5.41) is 19.0. The van der Waals surface area contributed by atoms with E-state index in [9.17, 15) is 10.5 Å². The number of hydrogen-bond acceptors (Lipinski definition) is 4. The predicted molar refractivity (Wildman–Crippen MR) is 112 cm³/mol. The highest BCUT2D eigenvalue weighted by atomic mass is 14.9. The molecule has 1 aromatic heterocycles. The molecule has 0 aliphatic heterocycles. The second kappa shape index (κ2) is 9.44. The number of nitriles is 2. The molecule has 0 radical (unpaired) electrons. The van der Waals surface area contributed by atoms with Gasteiger partial charge in [0.15, 0.2) is 11.4 Å². The Morgan fingerprint density at radius 3 is 2.18 bits per heavy atom. The molecule has 0 bridgehead atoms. The van der Waals surface area contributed by atoms with E-state index in [0.29, 0.717) is 11.4 Å². The molecular weight excluding hydrogens is 344 g/mol. The van der Waals surface area contributed by atoms with Gasteiger partial charge < -0.3 is 0 Å². The molecule has 0 unspecified atom stereocenters. The molecule has 0 amide bonds. The van der Waals surface area contributed by atoms with Gasteiger partial charge in [-0.25, -0.2) is 9.97 Å². The Bertz CT molecular complexity index is 982. The Morgan fingerprint density at radius 1 is 1.07 bits per heavy atom. The van der Waals surface area contributed by atoms with Gasteiger partial charge in [0.05, 0.1) is 11.4 Å². The monoisotopic (exact) mass is 368 g/mol. The lowest BCUT2D eigenvalue weighted by atomic mass is 9.70. The first-order valence-electron chi connectivity index (χ1n) is 9.35. The minimum Gasteiger partial charge on any atom is -0.236 e. The molecule has 0 aliphatic rings. The molecule has 0 aliphatic carbocycles. The van der Waals surface area contributed by atoms with Crippen molar-refractivity contribution in [2.45, 2.75) is 39.0 Å². The summed E-state index contributed by atoms with van der Waals surface area (Å²) in [5.74, 6) is 0. The molecule has 4 heteroatoms. The zero-order valence-corrected chi connectivity index (χ0v) is 16.6. The van der Waals surface area contributed by atoms with E-state index in [2.05, 4.69) is 36.5 Å². The van der Waals surface area contributed by atoms with Crippen molar-refractivity contribution < 1.29 is 0 Å². The lowest BCUT2D eigenvalue weighted by molar-refractivity contribution is 0.462. The van der Waals surface area contributed by atoms with Crippen LogP contribution in [0, 0.1) is 22.7 Å². The van der Waals surface area contributed by atoms with Gasteiger partial charge >= 0.3 is 0 Å². The van der Waals surface area contributed by atoms with Crippen molar-refractivity contribution in [3.63, 3.8) is 0 Å². The summed E-state index contributed by atoms with van der Waals surface area (Å²) in [6.45, 7) is 10.0. The maximum Gasteiger partial charge on any atom is 0.177 e. The van der Waals surface area contributed by atoms with Crippen LogP contribution in [0.15, 0.2) is 66.8 Å². The highest BCUT2D eigenvalue weighted by molar-refractivity contribution is 5.66. The van der Waals surface area contributed by atoms with Crippen molar-refractivity contribution in [2.24, 2.45) is 0 Å². The minimum absolute atomic E-state index is 0.0477. The van der Waals surface area contributed by atoms with E-state index in [1.54, 1.807) is 6.08 Å². The average molecular weight is 368 g/mol. The Hall–Kier alpha value is -3.50. The molecule has 28 heavy (non-hydrogen) atoms. The molecule has 1 aromatic carbocycles. The molecular formula is C24H24N4. The van der Waals surface area contributed by atoms with Crippen LogP contribution in [0.3, 0.4) is 0 Å². The SMILES string of the molecule is C=C/C=C(\C=C/C)C(CC)(CC)c1nc(C#N)c(C#N)nc1-c1ccccc1. The quantitative estimate of drug-likeness (QED) is 0.593. The molecule has 2 rings (SSSR count). The first kappa shape index (κ1) is 20.8. The van der Waals surface area contributed by atoms with Crippen molar-refractivity contribution in [3.05, 3.63) is 83.9 Å². The van der Waals surface area contributed by atoms with Gasteiger partial charge in [-0.15, -0.1) is 0 Å². The Morgan fingerprint density at radius 2 is 1.68 bits per heavy atom. The van der Waals surface area contributed by atoms with Crippen molar-refractivity contribution in [1.29, 1.82) is 10.5 Å². The molecule has 4 nitrogen and oxygen atoms in total.